The number of nitrogens with zero attached hydrogens (tertiary/aromatic N) is 2. The molecule has 28 heavy (non-hydrogen) atoms. The van der Waals surface area contributed by atoms with Crippen LogP contribution in [0.25, 0.3) is 11.6 Å². The van der Waals surface area contributed by atoms with Gasteiger partial charge in [-0.1, -0.05) is 43.1 Å². The Labute approximate surface area is 171 Å². The van der Waals surface area contributed by atoms with E-state index < -0.39 is 6.10 Å². The first-order valence-corrected chi connectivity index (χ1v) is 10.1. The lowest BCUT2D eigenvalue weighted by atomic mass is 10.1. The van der Waals surface area contributed by atoms with Crippen LogP contribution in [0.3, 0.4) is 0 Å². The summed E-state index contributed by atoms with van der Waals surface area (Å²) < 4.78 is 7.92. The molecule has 0 aliphatic carbocycles. The van der Waals surface area contributed by atoms with E-state index in [2.05, 4.69) is 16.5 Å². The molecule has 0 spiro atoms. The molecule has 0 radical (unpaired) electrons. The monoisotopic (exact) mass is 398 g/mol. The predicted molar refractivity (Wildman–Crippen MR) is 114 cm³/mol. The summed E-state index contributed by atoms with van der Waals surface area (Å²) in [6.45, 7) is 6.45. The van der Waals surface area contributed by atoms with E-state index in [1.165, 1.54) is 0 Å². The molecule has 3 rings (SSSR count). The summed E-state index contributed by atoms with van der Waals surface area (Å²) in [6, 6.07) is 11.7. The van der Waals surface area contributed by atoms with E-state index in [1.54, 1.807) is 6.92 Å². The van der Waals surface area contributed by atoms with Gasteiger partial charge in [-0.3, -0.25) is 0 Å². The van der Waals surface area contributed by atoms with Crippen molar-refractivity contribution in [3.63, 3.8) is 0 Å². The van der Waals surface area contributed by atoms with Crippen molar-refractivity contribution in [3.05, 3.63) is 76.2 Å². The van der Waals surface area contributed by atoms with Gasteiger partial charge in [-0.25, -0.2) is 4.98 Å². The van der Waals surface area contributed by atoms with Crippen LogP contribution in [-0.4, -0.2) is 20.8 Å². The average Bonchev–Trinajstić information content (AvgIpc) is 3.26. The summed E-state index contributed by atoms with van der Waals surface area (Å²) in [5.74, 6) is 2.51. The summed E-state index contributed by atoms with van der Waals surface area (Å²) >= 11 is 6.40. The normalized spacial score (nSPS) is 13.1. The van der Waals surface area contributed by atoms with Crippen molar-refractivity contribution in [2.75, 3.05) is 0 Å². The van der Waals surface area contributed by atoms with Crippen molar-refractivity contribution in [3.8, 4) is 0 Å². The minimum Gasteiger partial charge on any atom is -0.462 e. The Morgan fingerprint density at radius 3 is 2.71 bits per heavy atom. The zero-order valence-electron chi connectivity index (χ0n) is 16.7. The number of rotatable bonds is 8. The maximum atomic E-state index is 10.3. The molecule has 1 atom stereocenters. The van der Waals surface area contributed by atoms with E-state index in [4.69, 9.17) is 16.0 Å². The van der Waals surface area contributed by atoms with E-state index in [0.29, 0.717) is 12.3 Å². The van der Waals surface area contributed by atoms with Gasteiger partial charge in [-0.2, -0.15) is 0 Å². The average molecular weight is 399 g/mol. The van der Waals surface area contributed by atoms with Gasteiger partial charge < -0.3 is 14.1 Å². The van der Waals surface area contributed by atoms with Gasteiger partial charge in [0.2, 0.25) is 0 Å². The molecule has 4 nitrogen and oxygen atoms in total. The number of aliphatic hydroxyl groups is 1. The Morgan fingerprint density at radius 1 is 1.29 bits per heavy atom. The summed E-state index contributed by atoms with van der Waals surface area (Å²) in [5, 5.41) is 11.1. The van der Waals surface area contributed by atoms with Crippen LogP contribution in [-0.2, 0) is 13.0 Å². The maximum absolute atomic E-state index is 10.3. The van der Waals surface area contributed by atoms with Crippen LogP contribution in [0, 0.1) is 6.92 Å². The Hall–Kier alpha value is -2.30. The fourth-order valence-electron chi connectivity index (χ4n) is 3.20. The van der Waals surface area contributed by atoms with E-state index in [-0.39, 0.29) is 0 Å². The van der Waals surface area contributed by atoms with Crippen molar-refractivity contribution in [1.82, 2.24) is 9.55 Å². The van der Waals surface area contributed by atoms with E-state index in [1.807, 2.05) is 55.6 Å². The molecular formula is C23H27ClN2O2. The van der Waals surface area contributed by atoms with Gasteiger partial charge in [-0.05, 0) is 50.1 Å². The standard InChI is InChI=1S/C23H27ClN2O2/c1-4-5-10-23-25-14-19(26(23)15-18-8-6-7-9-21(18)24)13-20(17(3)27)22-12-11-16(2)28-22/h6-9,11-14,17,27H,4-5,10,15H2,1-3H3/b20-13+. The number of unbranched alkanes of at least 4 members (excludes halogenated alkanes) is 1. The van der Waals surface area contributed by atoms with Crippen molar-refractivity contribution in [2.24, 2.45) is 0 Å². The van der Waals surface area contributed by atoms with Gasteiger partial charge in [0.15, 0.2) is 0 Å². The molecule has 0 saturated heterocycles. The number of aromatic nitrogens is 2. The Balaban J connectivity index is 2.04. The second-order valence-corrected chi connectivity index (χ2v) is 7.47. The number of aryl methyl sites for hydroxylation is 2. The molecule has 0 aliphatic heterocycles. The molecule has 0 aliphatic rings. The Morgan fingerprint density at radius 2 is 2.07 bits per heavy atom. The summed E-state index contributed by atoms with van der Waals surface area (Å²) in [5.41, 5.74) is 2.70. The molecule has 5 heteroatoms. The summed E-state index contributed by atoms with van der Waals surface area (Å²) in [7, 11) is 0. The van der Waals surface area contributed by atoms with Crippen LogP contribution in [0.1, 0.15) is 55.3 Å². The molecule has 3 aromatic rings. The van der Waals surface area contributed by atoms with Gasteiger partial charge in [0, 0.05) is 17.0 Å². The highest BCUT2D eigenvalue weighted by atomic mass is 35.5. The molecule has 1 aromatic carbocycles. The highest BCUT2D eigenvalue weighted by molar-refractivity contribution is 6.31. The molecule has 2 heterocycles. The predicted octanol–water partition coefficient (Wildman–Crippen LogP) is 5.75. The third-order valence-corrected chi connectivity index (χ3v) is 5.16. The van der Waals surface area contributed by atoms with Gasteiger partial charge in [0.05, 0.1) is 24.5 Å². The third kappa shape index (κ3) is 4.75. The van der Waals surface area contributed by atoms with Crippen molar-refractivity contribution in [2.45, 2.75) is 52.7 Å². The van der Waals surface area contributed by atoms with Crippen molar-refractivity contribution >= 4 is 23.3 Å². The van der Waals surface area contributed by atoms with Crippen molar-refractivity contribution < 1.29 is 9.52 Å². The quantitative estimate of drug-likeness (QED) is 0.525. The summed E-state index contributed by atoms with van der Waals surface area (Å²) in [6.07, 6.45) is 6.24. The van der Waals surface area contributed by atoms with Crippen LogP contribution >= 0.6 is 11.6 Å². The van der Waals surface area contributed by atoms with Gasteiger partial charge in [0.25, 0.3) is 0 Å². The highest BCUT2D eigenvalue weighted by Crippen LogP contribution is 2.26. The molecule has 0 saturated carbocycles. The van der Waals surface area contributed by atoms with Crippen LogP contribution < -0.4 is 0 Å². The third-order valence-electron chi connectivity index (χ3n) is 4.79. The minimum absolute atomic E-state index is 0.634. The molecule has 1 unspecified atom stereocenters. The smallest absolute Gasteiger partial charge is 0.132 e. The fraction of sp³-hybridized carbons (Fsp3) is 0.348. The lowest BCUT2D eigenvalue weighted by Crippen LogP contribution is -2.09. The van der Waals surface area contributed by atoms with Crippen LogP contribution in [0.5, 0.6) is 0 Å². The van der Waals surface area contributed by atoms with Crippen molar-refractivity contribution in [1.29, 1.82) is 0 Å². The van der Waals surface area contributed by atoms with E-state index in [9.17, 15) is 5.11 Å². The van der Waals surface area contributed by atoms with E-state index in [0.717, 1.165) is 52.7 Å². The number of furan rings is 1. The van der Waals surface area contributed by atoms with Gasteiger partial charge in [-0.15, -0.1) is 0 Å². The lowest BCUT2D eigenvalue weighted by molar-refractivity contribution is 0.251. The van der Waals surface area contributed by atoms with E-state index >= 15 is 0 Å². The zero-order chi connectivity index (χ0) is 20.1. The fourth-order valence-corrected chi connectivity index (χ4v) is 3.40. The molecular weight excluding hydrogens is 372 g/mol. The molecule has 1 N–H and O–H groups in total. The van der Waals surface area contributed by atoms with Gasteiger partial charge in [0.1, 0.15) is 17.3 Å². The Kier molecular flexibility index (Phi) is 6.76. The molecule has 0 amide bonds. The maximum Gasteiger partial charge on any atom is 0.132 e. The molecule has 0 bridgehead atoms. The Bertz CT molecular complexity index is 953. The minimum atomic E-state index is -0.659. The molecule has 148 valence electrons. The van der Waals surface area contributed by atoms with Crippen LogP contribution in [0.15, 0.2) is 47.0 Å². The molecule has 0 fully saturated rings. The SMILES string of the molecule is CCCCc1ncc(/C=C(/c2ccc(C)o2)C(C)O)n1Cc1ccccc1Cl. The second kappa shape index (κ2) is 9.26. The van der Waals surface area contributed by atoms with Crippen LogP contribution in [0.2, 0.25) is 5.02 Å². The largest absolute Gasteiger partial charge is 0.462 e. The zero-order valence-corrected chi connectivity index (χ0v) is 17.4. The summed E-state index contributed by atoms with van der Waals surface area (Å²) in [4.78, 5) is 4.65. The number of hydrogen-bond acceptors (Lipinski definition) is 3. The number of hydrogen-bond donors (Lipinski definition) is 1. The first-order valence-electron chi connectivity index (χ1n) is 9.73. The molecule has 2 aromatic heterocycles. The second-order valence-electron chi connectivity index (χ2n) is 7.07. The number of benzene rings is 1. The van der Waals surface area contributed by atoms with Gasteiger partial charge >= 0.3 is 0 Å². The first kappa shape index (κ1) is 20.4. The highest BCUT2D eigenvalue weighted by Gasteiger charge is 2.16. The lowest BCUT2D eigenvalue weighted by Gasteiger charge is -2.13. The number of halogens is 1. The first-order chi connectivity index (χ1) is 13.5. The number of imidazole rings is 1. The number of aliphatic hydroxyl groups excluding tert-OH is 1. The topological polar surface area (TPSA) is 51.2 Å². The van der Waals surface area contributed by atoms with Crippen LogP contribution in [0.4, 0.5) is 0 Å².